The van der Waals surface area contributed by atoms with E-state index >= 15 is 17.6 Å². The Morgan fingerprint density at radius 2 is 1.50 bits per heavy atom. The number of carbonyl (C=O) groups is 2. The zero-order chi connectivity index (χ0) is 46.5. The molecule has 3 N–H and O–H groups in total. The Morgan fingerprint density at radius 1 is 0.844 bits per heavy atom. The molecule has 336 valence electrons. The van der Waals surface area contributed by atoms with Crippen molar-refractivity contribution in [3.63, 3.8) is 0 Å². The number of allylic oxidation sites excluding steroid dienone is 2. The molecular formula is C47H42F8N3O6+. The molecule has 0 aliphatic carbocycles. The Morgan fingerprint density at radius 3 is 2.17 bits per heavy atom. The molecule has 4 aromatic carbocycles. The summed E-state index contributed by atoms with van der Waals surface area (Å²) >= 11 is 0. The molecule has 9 nitrogen and oxygen atoms in total. The average Bonchev–Trinajstić information content (AvgIpc) is 3.23. The van der Waals surface area contributed by atoms with Gasteiger partial charge < -0.3 is 30.0 Å². The molecule has 8 rings (SSSR count). The van der Waals surface area contributed by atoms with Crippen LogP contribution in [0.1, 0.15) is 97.6 Å². The number of nitrogens with zero attached hydrogens (tertiary/aromatic N) is 2. The molecule has 0 radical (unpaired) electrons. The first-order chi connectivity index (χ1) is 30.1. The van der Waals surface area contributed by atoms with E-state index in [1.54, 1.807) is 13.0 Å². The lowest BCUT2D eigenvalue weighted by molar-refractivity contribution is -0.135. The van der Waals surface area contributed by atoms with E-state index in [4.69, 9.17) is 15.2 Å². The number of benzene rings is 4. The van der Waals surface area contributed by atoms with Gasteiger partial charge in [-0.25, -0.2) is 30.9 Å². The van der Waals surface area contributed by atoms with Gasteiger partial charge in [-0.2, -0.15) is 8.78 Å². The number of nitrogens with two attached hydrogens (primary N) is 1. The molecule has 0 aromatic heterocycles. The van der Waals surface area contributed by atoms with Crippen LogP contribution >= 0.6 is 0 Å². The van der Waals surface area contributed by atoms with Gasteiger partial charge in [0.2, 0.25) is 28.5 Å². The Balaban J connectivity index is 1.39. The molecule has 17 heteroatoms. The molecule has 4 heterocycles. The summed E-state index contributed by atoms with van der Waals surface area (Å²) in [6, 6.07) is 3.09. The van der Waals surface area contributed by atoms with Crippen LogP contribution in [0.2, 0.25) is 0 Å². The van der Waals surface area contributed by atoms with E-state index in [1.165, 1.54) is 19.1 Å². The second-order valence-corrected chi connectivity index (χ2v) is 17.1. The normalized spacial score (nSPS) is 17.9. The average molecular weight is 897 g/mol. The van der Waals surface area contributed by atoms with Gasteiger partial charge in [0.25, 0.3) is 5.91 Å². The summed E-state index contributed by atoms with van der Waals surface area (Å²) in [5.41, 5.74) is 6.44. The van der Waals surface area contributed by atoms with Crippen molar-refractivity contribution in [2.24, 2.45) is 5.73 Å². The molecular weight excluding hydrogens is 855 g/mol. The Hall–Kier alpha value is -6.07. The topological polar surface area (TPSA) is 114 Å². The molecule has 0 saturated carbocycles. The van der Waals surface area contributed by atoms with Crippen molar-refractivity contribution in [1.82, 2.24) is 9.48 Å². The lowest BCUT2D eigenvalue weighted by atomic mass is 9.81. The van der Waals surface area contributed by atoms with E-state index in [0.29, 0.717) is 58.5 Å². The highest BCUT2D eigenvalue weighted by Crippen LogP contribution is 2.50. The highest BCUT2D eigenvalue weighted by Gasteiger charge is 2.43. The second-order valence-electron chi connectivity index (χ2n) is 17.1. The highest BCUT2D eigenvalue weighted by molar-refractivity contribution is 6.03. The molecule has 1 atom stereocenters. The van der Waals surface area contributed by atoms with Crippen LogP contribution in [0, 0.1) is 46.5 Å². The zero-order valence-electron chi connectivity index (χ0n) is 35.5. The van der Waals surface area contributed by atoms with Gasteiger partial charge in [0, 0.05) is 85.5 Å². The maximum atomic E-state index is 17.1. The Labute approximate surface area is 361 Å². The van der Waals surface area contributed by atoms with Crippen LogP contribution < -0.4 is 35.1 Å². The molecule has 0 saturated heterocycles. The number of fused-ring (bicyclic) bond motifs is 4. The van der Waals surface area contributed by atoms with Crippen LogP contribution in [0.4, 0.5) is 35.1 Å². The summed E-state index contributed by atoms with van der Waals surface area (Å²) in [5, 5.41) is 12.1. The van der Waals surface area contributed by atoms with Gasteiger partial charge in [-0.3, -0.25) is 9.59 Å². The van der Waals surface area contributed by atoms with Crippen LogP contribution in [-0.2, 0) is 17.6 Å². The van der Waals surface area contributed by atoms with Gasteiger partial charge in [-0.1, -0.05) is 0 Å². The van der Waals surface area contributed by atoms with E-state index in [9.17, 15) is 32.3 Å². The first kappa shape index (κ1) is 44.5. The Bertz CT molecular complexity index is 2930. The third-order valence-electron chi connectivity index (χ3n) is 12.1. The predicted octanol–water partition coefficient (Wildman–Crippen LogP) is 7.25. The van der Waals surface area contributed by atoms with Crippen molar-refractivity contribution >= 4 is 28.6 Å². The number of rotatable bonds is 9. The largest absolute Gasteiger partial charge is 0.458 e. The van der Waals surface area contributed by atoms with Crippen LogP contribution in [0.3, 0.4) is 0 Å². The van der Waals surface area contributed by atoms with Crippen molar-refractivity contribution in [1.29, 1.82) is 0 Å². The molecule has 4 aliphatic heterocycles. The van der Waals surface area contributed by atoms with E-state index in [1.807, 2.05) is 26.8 Å². The van der Waals surface area contributed by atoms with Crippen LogP contribution in [0.5, 0.6) is 23.0 Å². The minimum atomic E-state index is -2.31. The first-order valence-electron chi connectivity index (χ1n) is 20.5. The fourth-order valence-corrected chi connectivity index (χ4v) is 9.22. The van der Waals surface area contributed by atoms with Gasteiger partial charge in [0.15, 0.2) is 40.4 Å². The van der Waals surface area contributed by atoms with Crippen molar-refractivity contribution in [2.45, 2.75) is 78.0 Å². The van der Waals surface area contributed by atoms with Crippen LogP contribution in [0.15, 0.2) is 30.4 Å². The van der Waals surface area contributed by atoms with E-state index < -0.39 is 99.6 Å². The lowest BCUT2D eigenvalue weighted by Gasteiger charge is -2.35. The quantitative estimate of drug-likeness (QED) is 0.0401. The third-order valence-corrected chi connectivity index (χ3v) is 12.1. The fraction of sp³-hybridized carbons (Fsp3) is 0.340. The van der Waals surface area contributed by atoms with E-state index in [0.717, 1.165) is 18.0 Å². The van der Waals surface area contributed by atoms with E-state index in [-0.39, 0.29) is 52.6 Å². The molecule has 4 aliphatic rings. The Kier molecular flexibility index (Phi) is 11.0. The number of carbonyl (C=O) groups excluding carboxylic acids is 2. The van der Waals surface area contributed by atoms with Gasteiger partial charge in [-0.05, 0) is 75.1 Å². The number of aliphatic hydroxyl groups is 1. The smallest absolute Gasteiger partial charge is 0.313 e. The minimum absolute atomic E-state index is 0.0321. The molecule has 0 spiro atoms. The number of ether oxygens (including phenoxy) is 3. The lowest BCUT2D eigenvalue weighted by Crippen LogP contribution is -2.53. The van der Waals surface area contributed by atoms with Crippen molar-refractivity contribution in [3.8, 4) is 23.0 Å². The molecule has 1 amide bonds. The summed E-state index contributed by atoms with van der Waals surface area (Å²) < 4.78 is 141. The number of amides is 1. The van der Waals surface area contributed by atoms with Gasteiger partial charge in [-0.15, -0.1) is 0 Å². The SMILES string of the molecule is CC1=CC(C)(O)Oc2c1cc1c(c2CCCN)Oc2c3c4c(cc2=C1c1c(F)c(F)c(F)c(F)c1C(=O)N(C)CCC(=O)Oc1c(F)c(F)cc(F)c1F)C(C)=CC(C)(C)[N+]=4CCC3. The number of hydrogen-bond acceptors (Lipinski definition) is 7. The molecule has 0 bridgehead atoms. The van der Waals surface area contributed by atoms with Crippen molar-refractivity contribution < 1.29 is 64.0 Å². The van der Waals surface area contributed by atoms with Crippen LogP contribution in [-0.4, -0.2) is 59.9 Å². The number of halogens is 8. The monoisotopic (exact) mass is 896 g/mol. The maximum absolute atomic E-state index is 17.1. The van der Waals surface area contributed by atoms with E-state index in [2.05, 4.69) is 9.31 Å². The fourth-order valence-electron chi connectivity index (χ4n) is 9.22. The van der Waals surface area contributed by atoms with Gasteiger partial charge >= 0.3 is 5.97 Å². The second kappa shape index (κ2) is 15.9. The zero-order valence-corrected chi connectivity index (χ0v) is 35.5. The first-order valence-corrected chi connectivity index (χ1v) is 20.5. The molecule has 4 aromatic rings. The molecule has 1 unspecified atom stereocenters. The van der Waals surface area contributed by atoms with Gasteiger partial charge in [0.05, 0.1) is 17.5 Å². The number of esters is 1. The van der Waals surface area contributed by atoms with Crippen molar-refractivity contribution in [2.75, 3.05) is 26.7 Å². The summed E-state index contributed by atoms with van der Waals surface area (Å²) in [7, 11) is 1.00. The summed E-state index contributed by atoms with van der Waals surface area (Å²) in [4.78, 5) is 27.8. The van der Waals surface area contributed by atoms with Gasteiger partial charge in [0.1, 0.15) is 23.8 Å². The summed E-state index contributed by atoms with van der Waals surface area (Å²) in [6.07, 6.45) is 4.15. The predicted molar refractivity (Wildman–Crippen MR) is 218 cm³/mol. The van der Waals surface area contributed by atoms with Crippen molar-refractivity contribution in [3.05, 3.63) is 126 Å². The van der Waals surface area contributed by atoms with Crippen LogP contribution in [0.25, 0.3) is 16.7 Å². The summed E-state index contributed by atoms with van der Waals surface area (Å²) in [6.45, 7) is 9.16. The summed E-state index contributed by atoms with van der Waals surface area (Å²) in [5.74, 6) is -22.3. The molecule has 64 heavy (non-hydrogen) atoms. The minimum Gasteiger partial charge on any atom is -0.458 e. The highest BCUT2D eigenvalue weighted by atomic mass is 19.2. The standard InChI is InChI=1S/C47H42F8N3O6/c1-20-18-46(3,4)58-13-8-10-22-40(58)24(20)15-26-31(27-16-25-21(2)19-47(5,61)64-43(25)23(9-7-12-56)42(27)63-41(22)26)32-33(37(53)39(55)38(54)36(32)52)45(60)57(6)14-11-30(59)62-44-34(50)28(48)17-29(49)35(44)51/h15-19,61H,7-14,56H2,1-6H3/q+1. The third kappa shape index (κ3) is 7.12. The number of hydrogen-bond donors (Lipinski definition) is 2. The maximum Gasteiger partial charge on any atom is 0.313 e. The molecule has 0 fully saturated rings.